The molecule has 0 radical (unpaired) electrons. The average Bonchev–Trinajstić information content (AvgIpc) is 4.05. The highest BCUT2D eigenvalue weighted by molar-refractivity contribution is 6.52. The number of hydrogen-bond donors (Lipinski definition) is 0. The Hall–Kier alpha value is -8.84. The molecule has 0 saturated heterocycles. The first-order valence-corrected chi connectivity index (χ1v) is 24.8. The fourth-order valence-electron chi connectivity index (χ4n) is 14.2. The van der Waals surface area contributed by atoms with E-state index in [9.17, 15) is 0 Å². The second-order valence-electron chi connectivity index (χ2n) is 20.1. The molecule has 1 aliphatic carbocycles. The first kappa shape index (κ1) is 37.2. The van der Waals surface area contributed by atoms with Crippen LogP contribution in [0, 0.1) is 13.8 Å². The third-order valence-corrected chi connectivity index (χ3v) is 16.9. The second kappa shape index (κ2) is 13.0. The minimum Gasteiger partial charge on any atom is -0.0622 e. The van der Waals surface area contributed by atoms with Crippen molar-refractivity contribution in [3.8, 4) is 55.6 Å². The van der Waals surface area contributed by atoms with Crippen molar-refractivity contribution in [1.82, 2.24) is 0 Å². The van der Waals surface area contributed by atoms with Crippen LogP contribution in [-0.4, -0.2) is 0 Å². The number of fused-ring (bicyclic) bond motifs is 15. The standard InChI is InChI=1S/C70H40/c1-37-16-6-9-21-41(37)58-44-24-12-13-25-45(44)59(42-22-10-7-17-38(42)2)68-54-34-30-50-51-31-35-55-63-52(32-28-48(61(51)63)49-29-33-53(67(58)68)64(54)62(49)50)66-57(39-18-4-3-5-19-39)56-36-40-20-8-11-23-43(40)60-46-26-14-15-27-47(46)65(69(55)66)70(56)60/h3-36H,1-2H3. The number of benzene rings is 14. The molecule has 0 fully saturated rings. The van der Waals surface area contributed by atoms with Crippen molar-refractivity contribution < 1.29 is 0 Å². The molecule has 0 unspecified atom stereocenters. The Morgan fingerprint density at radius 1 is 0.200 bits per heavy atom. The molecule has 0 aromatic heterocycles. The normalized spacial score (nSPS) is 12.7. The van der Waals surface area contributed by atoms with Crippen molar-refractivity contribution in [2.75, 3.05) is 0 Å². The molecule has 17 rings (SSSR count). The van der Waals surface area contributed by atoms with Crippen molar-refractivity contribution in [2.24, 2.45) is 0 Å². The lowest BCUT2D eigenvalue weighted by atomic mass is 9.81. The molecule has 0 amide bonds. The summed E-state index contributed by atoms with van der Waals surface area (Å²) in [7, 11) is 0. The Bertz CT molecular complexity index is 4850. The van der Waals surface area contributed by atoms with E-state index in [0.29, 0.717) is 0 Å². The Kier molecular flexibility index (Phi) is 6.92. The Labute approximate surface area is 403 Å². The average molecular weight is 881 g/mol. The van der Waals surface area contributed by atoms with Crippen LogP contribution < -0.4 is 0 Å². The number of aryl methyl sites for hydroxylation is 2. The predicted octanol–water partition coefficient (Wildman–Crippen LogP) is 20.0. The highest BCUT2D eigenvalue weighted by Crippen LogP contribution is 2.61. The van der Waals surface area contributed by atoms with E-state index in [-0.39, 0.29) is 0 Å². The van der Waals surface area contributed by atoms with E-state index in [1.807, 2.05) is 0 Å². The Balaban J connectivity index is 1.06. The van der Waals surface area contributed by atoms with Crippen LogP contribution >= 0.6 is 0 Å². The van der Waals surface area contributed by atoms with Crippen molar-refractivity contribution in [2.45, 2.75) is 13.8 Å². The van der Waals surface area contributed by atoms with Crippen LogP contribution in [0.2, 0.25) is 0 Å². The molecule has 0 saturated carbocycles. The topological polar surface area (TPSA) is 0 Å². The minimum atomic E-state index is 1.26. The van der Waals surface area contributed by atoms with Gasteiger partial charge in [-0.2, -0.15) is 0 Å². The third-order valence-electron chi connectivity index (χ3n) is 16.9. The Morgan fingerprint density at radius 3 is 1.19 bits per heavy atom. The Morgan fingerprint density at radius 2 is 0.586 bits per heavy atom. The molecule has 0 atom stereocenters. The summed E-state index contributed by atoms with van der Waals surface area (Å²) in [5.74, 6) is 0. The van der Waals surface area contributed by atoms with Gasteiger partial charge in [-0.15, -0.1) is 0 Å². The first-order chi connectivity index (χ1) is 34.6. The molecule has 16 aromatic carbocycles. The van der Waals surface area contributed by atoms with Gasteiger partial charge in [0.05, 0.1) is 0 Å². The molecule has 70 heavy (non-hydrogen) atoms. The van der Waals surface area contributed by atoms with E-state index >= 15 is 0 Å². The van der Waals surface area contributed by atoms with E-state index in [4.69, 9.17) is 0 Å². The zero-order valence-electron chi connectivity index (χ0n) is 38.6. The predicted molar refractivity (Wildman–Crippen MR) is 303 cm³/mol. The smallest absolute Gasteiger partial charge is 0.000696 e. The van der Waals surface area contributed by atoms with Gasteiger partial charge in [0.1, 0.15) is 0 Å². The van der Waals surface area contributed by atoms with Gasteiger partial charge in [-0.25, -0.2) is 0 Å². The van der Waals surface area contributed by atoms with E-state index < -0.39 is 0 Å². The lowest BCUT2D eigenvalue weighted by Gasteiger charge is -2.22. The maximum atomic E-state index is 2.49. The van der Waals surface area contributed by atoms with Gasteiger partial charge in [-0.1, -0.05) is 200 Å². The molecule has 0 heterocycles. The van der Waals surface area contributed by atoms with Crippen LogP contribution in [0.15, 0.2) is 206 Å². The van der Waals surface area contributed by atoms with Crippen molar-refractivity contribution in [1.29, 1.82) is 0 Å². The molecule has 0 aliphatic heterocycles. The van der Waals surface area contributed by atoms with Crippen LogP contribution in [0.4, 0.5) is 0 Å². The van der Waals surface area contributed by atoms with Gasteiger partial charge in [0.15, 0.2) is 0 Å². The van der Waals surface area contributed by atoms with Crippen LogP contribution in [-0.2, 0) is 0 Å². The zero-order chi connectivity index (χ0) is 45.7. The fraction of sp³-hybridized carbons (Fsp3) is 0.0286. The van der Waals surface area contributed by atoms with Crippen molar-refractivity contribution in [3.05, 3.63) is 217 Å². The van der Waals surface area contributed by atoms with Crippen LogP contribution in [0.25, 0.3) is 174 Å². The van der Waals surface area contributed by atoms with E-state index in [1.54, 1.807) is 0 Å². The summed E-state index contributed by atoms with van der Waals surface area (Å²) in [6, 6.07) is 78.8. The molecule has 0 heteroatoms. The molecular weight excluding hydrogens is 841 g/mol. The summed E-state index contributed by atoms with van der Waals surface area (Å²) < 4.78 is 0. The maximum Gasteiger partial charge on any atom is -0.000696 e. The van der Waals surface area contributed by atoms with Gasteiger partial charge >= 0.3 is 0 Å². The summed E-state index contributed by atoms with van der Waals surface area (Å²) in [6.07, 6.45) is 0. The summed E-state index contributed by atoms with van der Waals surface area (Å²) in [4.78, 5) is 0. The second-order valence-corrected chi connectivity index (χ2v) is 20.1. The third kappa shape index (κ3) is 4.36. The number of rotatable bonds is 3. The van der Waals surface area contributed by atoms with Crippen LogP contribution in [0.5, 0.6) is 0 Å². The highest BCUT2D eigenvalue weighted by atomic mass is 14.4. The number of hydrogen-bond acceptors (Lipinski definition) is 0. The summed E-state index contributed by atoms with van der Waals surface area (Å²) in [6.45, 7) is 4.54. The summed E-state index contributed by atoms with van der Waals surface area (Å²) in [5.41, 5.74) is 15.8. The molecule has 1 aliphatic rings. The first-order valence-electron chi connectivity index (χ1n) is 24.8. The molecule has 0 N–H and O–H groups in total. The van der Waals surface area contributed by atoms with Crippen LogP contribution in [0.1, 0.15) is 11.1 Å². The van der Waals surface area contributed by atoms with Gasteiger partial charge in [-0.05, 0) is 205 Å². The van der Waals surface area contributed by atoms with Gasteiger partial charge in [0.2, 0.25) is 0 Å². The quantitative estimate of drug-likeness (QED) is 0.123. The molecule has 320 valence electrons. The summed E-state index contributed by atoms with van der Waals surface area (Å²) in [5, 5.41) is 29.5. The fourth-order valence-corrected chi connectivity index (χ4v) is 14.2. The highest BCUT2D eigenvalue weighted by Gasteiger charge is 2.34. The van der Waals surface area contributed by atoms with Crippen LogP contribution in [0.3, 0.4) is 0 Å². The molecule has 16 aromatic rings. The lowest BCUT2D eigenvalue weighted by molar-refractivity contribution is 1.46. The van der Waals surface area contributed by atoms with Gasteiger partial charge in [0.25, 0.3) is 0 Å². The molecular formula is C70H40. The molecule has 0 spiro atoms. The van der Waals surface area contributed by atoms with Gasteiger partial charge in [-0.3, -0.25) is 0 Å². The maximum absolute atomic E-state index is 2.49. The molecule has 0 bridgehead atoms. The minimum absolute atomic E-state index is 1.26. The van der Waals surface area contributed by atoms with E-state index in [2.05, 4.69) is 220 Å². The SMILES string of the molecule is Cc1ccccc1-c1c2c(c(-c3ccccc3C)c3ccccc13)-c1ccc3c4ccc5c6c(ccc(c7ccc-2c1c73)c46)c1c(-c2ccccc2)c2cc3ccccc3c3c4ccccc4c(c51)c23. The zero-order valence-corrected chi connectivity index (χ0v) is 38.6. The van der Waals surface area contributed by atoms with Crippen molar-refractivity contribution >= 4 is 118 Å². The van der Waals surface area contributed by atoms with Gasteiger partial charge in [0, 0.05) is 0 Å². The van der Waals surface area contributed by atoms with Crippen molar-refractivity contribution in [3.63, 3.8) is 0 Å². The van der Waals surface area contributed by atoms with E-state index in [1.165, 1.54) is 185 Å². The van der Waals surface area contributed by atoms with Gasteiger partial charge < -0.3 is 0 Å². The monoisotopic (exact) mass is 880 g/mol. The van der Waals surface area contributed by atoms with E-state index in [0.717, 1.165) is 0 Å². The summed E-state index contributed by atoms with van der Waals surface area (Å²) >= 11 is 0. The largest absolute Gasteiger partial charge is 0.0622 e. The molecule has 0 nitrogen and oxygen atoms in total. The lowest BCUT2D eigenvalue weighted by Crippen LogP contribution is -1.95.